The van der Waals surface area contributed by atoms with Gasteiger partial charge in [-0.3, -0.25) is 19.7 Å². The lowest BCUT2D eigenvalue weighted by molar-refractivity contribution is -0.402. The number of aromatic nitrogens is 1. The first-order valence-corrected chi connectivity index (χ1v) is 7.52. The van der Waals surface area contributed by atoms with Crippen LogP contribution in [-0.2, 0) is 4.79 Å². The number of anilines is 1. The highest BCUT2D eigenvalue weighted by Crippen LogP contribution is 2.24. The van der Waals surface area contributed by atoms with Crippen LogP contribution in [0.15, 0.2) is 22.7 Å². The quantitative estimate of drug-likeness (QED) is 0.670. The van der Waals surface area contributed by atoms with Gasteiger partial charge >= 0.3 is 5.88 Å². The number of nitrogens with zero attached hydrogens (tertiary/aromatic N) is 3. The highest BCUT2D eigenvalue weighted by atomic mass is 32.1. The third-order valence-corrected chi connectivity index (χ3v) is 4.20. The van der Waals surface area contributed by atoms with Crippen molar-refractivity contribution < 1.29 is 18.9 Å². The predicted molar refractivity (Wildman–Crippen MR) is 80.2 cm³/mol. The number of furan rings is 1. The number of likely N-dealkylation sites (tertiary alicyclic amines) is 1. The Morgan fingerprint density at radius 1 is 1.48 bits per heavy atom. The molecule has 0 radical (unpaired) electrons. The van der Waals surface area contributed by atoms with Crippen molar-refractivity contribution in [1.29, 1.82) is 0 Å². The fraction of sp³-hybridized carbons (Fsp3) is 0.308. The van der Waals surface area contributed by atoms with Gasteiger partial charge in [0.25, 0.3) is 5.91 Å². The number of thiazole rings is 1. The number of amides is 2. The summed E-state index contributed by atoms with van der Waals surface area (Å²) in [7, 11) is 0. The first kappa shape index (κ1) is 15.2. The minimum absolute atomic E-state index is 0.105. The van der Waals surface area contributed by atoms with E-state index in [-0.39, 0.29) is 30.7 Å². The molecular formula is C13H12N4O5S. The number of aryl methyl sites for hydroxylation is 1. The van der Waals surface area contributed by atoms with Gasteiger partial charge in [0.1, 0.15) is 4.92 Å². The van der Waals surface area contributed by atoms with Gasteiger partial charge in [-0.15, -0.1) is 11.3 Å². The summed E-state index contributed by atoms with van der Waals surface area (Å²) >= 11 is 1.38. The summed E-state index contributed by atoms with van der Waals surface area (Å²) < 4.78 is 4.86. The molecule has 0 spiro atoms. The van der Waals surface area contributed by atoms with Gasteiger partial charge in [0.2, 0.25) is 5.91 Å². The molecule has 2 amide bonds. The largest absolute Gasteiger partial charge is 0.433 e. The van der Waals surface area contributed by atoms with E-state index >= 15 is 0 Å². The van der Waals surface area contributed by atoms with Gasteiger partial charge in [0.15, 0.2) is 10.9 Å². The molecule has 1 aliphatic rings. The summed E-state index contributed by atoms with van der Waals surface area (Å²) in [6.07, 6.45) is 1.67. The summed E-state index contributed by atoms with van der Waals surface area (Å²) in [5.74, 6) is -1.58. The minimum atomic E-state index is -0.709. The molecule has 120 valence electrons. The first-order chi connectivity index (χ1) is 10.9. The average Bonchev–Trinajstić information content (AvgIpc) is 3.06. The number of carbonyl (C=O) groups is 2. The zero-order chi connectivity index (χ0) is 16.6. The number of hydrogen-bond donors (Lipinski definition) is 1. The Labute approximate surface area is 134 Å². The molecule has 2 aromatic heterocycles. The van der Waals surface area contributed by atoms with Crippen molar-refractivity contribution in [3.05, 3.63) is 39.1 Å². The van der Waals surface area contributed by atoms with E-state index in [1.165, 1.54) is 22.3 Å². The summed E-state index contributed by atoms with van der Waals surface area (Å²) in [5.41, 5.74) is 0. The molecule has 1 aliphatic heterocycles. The summed E-state index contributed by atoms with van der Waals surface area (Å²) in [5, 5.41) is 13.8. The van der Waals surface area contributed by atoms with Gasteiger partial charge in [0, 0.05) is 24.2 Å². The Hall–Kier alpha value is -2.75. The topological polar surface area (TPSA) is 119 Å². The average molecular weight is 336 g/mol. The van der Waals surface area contributed by atoms with Crippen molar-refractivity contribution in [2.75, 3.05) is 18.4 Å². The van der Waals surface area contributed by atoms with Crippen molar-refractivity contribution >= 4 is 34.2 Å². The van der Waals surface area contributed by atoms with Crippen molar-refractivity contribution in [1.82, 2.24) is 9.88 Å². The molecule has 3 rings (SSSR count). The second-order valence-corrected chi connectivity index (χ2v) is 6.30. The lowest BCUT2D eigenvalue weighted by atomic mass is 9.99. The van der Waals surface area contributed by atoms with Gasteiger partial charge in [-0.25, -0.2) is 4.98 Å². The first-order valence-electron chi connectivity index (χ1n) is 6.71. The number of nitrogens with one attached hydrogen (secondary N) is 1. The molecule has 2 aromatic rings. The smallest absolute Gasteiger partial charge is 0.395 e. The number of carbonyl (C=O) groups excluding carboxylic acids is 2. The van der Waals surface area contributed by atoms with Gasteiger partial charge in [-0.2, -0.15) is 0 Å². The molecule has 0 aliphatic carbocycles. The molecular weight excluding hydrogens is 324 g/mol. The summed E-state index contributed by atoms with van der Waals surface area (Å²) in [6.45, 7) is 2.37. The van der Waals surface area contributed by atoms with Crippen molar-refractivity contribution in [3.63, 3.8) is 0 Å². The molecule has 23 heavy (non-hydrogen) atoms. The molecule has 1 N–H and O–H groups in total. The van der Waals surface area contributed by atoms with Crippen LogP contribution in [0.2, 0.25) is 0 Å². The van der Waals surface area contributed by atoms with Gasteiger partial charge < -0.3 is 14.6 Å². The summed E-state index contributed by atoms with van der Waals surface area (Å²) in [6, 6.07) is 2.38. The second-order valence-electron chi connectivity index (χ2n) is 5.07. The van der Waals surface area contributed by atoms with E-state index in [2.05, 4.69) is 10.3 Å². The van der Waals surface area contributed by atoms with E-state index in [0.29, 0.717) is 5.13 Å². The van der Waals surface area contributed by atoms with Crippen LogP contribution < -0.4 is 5.32 Å². The van der Waals surface area contributed by atoms with Crippen LogP contribution in [0.25, 0.3) is 0 Å². The van der Waals surface area contributed by atoms with E-state index < -0.39 is 16.7 Å². The molecule has 3 heterocycles. The fourth-order valence-electron chi connectivity index (χ4n) is 2.13. The van der Waals surface area contributed by atoms with Gasteiger partial charge in [0.05, 0.1) is 12.0 Å². The molecule has 10 heteroatoms. The standard InChI is InChI=1S/C13H12N4O5S/c1-7-4-14-13(23-7)15-11(18)8-5-16(6-8)12(19)9-2-3-10(22-9)17(20)21/h2-4,8H,5-6H2,1H3,(H,14,15,18). The van der Waals surface area contributed by atoms with Crippen LogP contribution in [0, 0.1) is 23.0 Å². The van der Waals surface area contributed by atoms with E-state index in [9.17, 15) is 19.7 Å². The maximum absolute atomic E-state index is 12.1. The monoisotopic (exact) mass is 336 g/mol. The summed E-state index contributed by atoms with van der Waals surface area (Å²) in [4.78, 5) is 40.3. The van der Waals surface area contributed by atoms with E-state index in [1.807, 2.05) is 6.92 Å². The van der Waals surface area contributed by atoms with Crippen LogP contribution in [0.3, 0.4) is 0 Å². The molecule has 0 bridgehead atoms. The third kappa shape index (κ3) is 3.06. The Morgan fingerprint density at radius 3 is 2.78 bits per heavy atom. The minimum Gasteiger partial charge on any atom is -0.395 e. The maximum atomic E-state index is 12.1. The molecule has 0 saturated carbocycles. The Balaban J connectivity index is 1.54. The van der Waals surface area contributed by atoms with Crippen LogP contribution in [0.4, 0.5) is 11.0 Å². The van der Waals surface area contributed by atoms with E-state index in [1.54, 1.807) is 6.20 Å². The lowest BCUT2D eigenvalue weighted by Gasteiger charge is -2.37. The third-order valence-electron chi connectivity index (χ3n) is 3.37. The van der Waals surface area contributed by atoms with Crippen LogP contribution in [0.5, 0.6) is 0 Å². The second kappa shape index (κ2) is 5.80. The normalized spacial score (nSPS) is 14.4. The number of nitro groups is 1. The Morgan fingerprint density at radius 2 is 2.22 bits per heavy atom. The van der Waals surface area contributed by atoms with E-state index in [4.69, 9.17) is 4.42 Å². The van der Waals surface area contributed by atoms with Crippen molar-refractivity contribution in [3.8, 4) is 0 Å². The maximum Gasteiger partial charge on any atom is 0.433 e. The molecule has 0 unspecified atom stereocenters. The molecule has 0 aromatic carbocycles. The molecule has 9 nitrogen and oxygen atoms in total. The Kier molecular flexibility index (Phi) is 3.82. The number of hydrogen-bond acceptors (Lipinski definition) is 7. The zero-order valence-corrected chi connectivity index (χ0v) is 12.8. The van der Waals surface area contributed by atoms with Gasteiger partial charge in [-0.05, 0) is 13.0 Å². The van der Waals surface area contributed by atoms with Crippen LogP contribution in [0.1, 0.15) is 15.4 Å². The SMILES string of the molecule is Cc1cnc(NC(=O)C2CN(C(=O)c3ccc([N+](=O)[O-])o3)C2)s1. The molecule has 1 fully saturated rings. The van der Waals surface area contributed by atoms with E-state index in [0.717, 1.165) is 10.9 Å². The highest BCUT2D eigenvalue weighted by molar-refractivity contribution is 7.15. The van der Waals surface area contributed by atoms with Crippen LogP contribution in [-0.4, -0.2) is 39.7 Å². The van der Waals surface area contributed by atoms with Gasteiger partial charge in [-0.1, -0.05) is 0 Å². The highest BCUT2D eigenvalue weighted by Gasteiger charge is 2.37. The van der Waals surface area contributed by atoms with Crippen molar-refractivity contribution in [2.45, 2.75) is 6.92 Å². The van der Waals surface area contributed by atoms with Crippen molar-refractivity contribution in [2.24, 2.45) is 5.92 Å². The zero-order valence-electron chi connectivity index (χ0n) is 12.0. The fourth-order valence-corrected chi connectivity index (χ4v) is 2.79. The molecule has 1 saturated heterocycles. The lowest BCUT2D eigenvalue weighted by Crippen LogP contribution is -2.54. The number of rotatable bonds is 4. The predicted octanol–water partition coefficient (Wildman–Crippen LogP) is 1.66. The van der Waals surface area contributed by atoms with Crippen LogP contribution >= 0.6 is 11.3 Å². The Bertz CT molecular complexity index is 777. The molecule has 0 atom stereocenters.